The summed E-state index contributed by atoms with van der Waals surface area (Å²) in [4.78, 5) is 11.5. The van der Waals surface area contributed by atoms with E-state index in [-0.39, 0.29) is 18.0 Å². The van der Waals surface area contributed by atoms with Crippen molar-refractivity contribution in [1.29, 1.82) is 0 Å². The first-order valence-corrected chi connectivity index (χ1v) is 5.72. The van der Waals surface area contributed by atoms with Crippen molar-refractivity contribution >= 4 is 5.91 Å². The van der Waals surface area contributed by atoms with Crippen molar-refractivity contribution in [1.82, 2.24) is 5.32 Å². The minimum absolute atomic E-state index is 0.0980. The van der Waals surface area contributed by atoms with Gasteiger partial charge in [0.15, 0.2) is 0 Å². The Hall–Kier alpha value is -0.610. The monoisotopic (exact) mass is 214 g/mol. The number of nitrogens with two attached hydrogens (primary N) is 1. The maximum atomic E-state index is 11.5. The number of amides is 1. The summed E-state index contributed by atoms with van der Waals surface area (Å²) >= 11 is 0. The fourth-order valence-electron chi connectivity index (χ4n) is 1.75. The first-order chi connectivity index (χ1) is 7.09. The molecule has 1 aliphatic heterocycles. The molecular formula is C11H22N2O2. The second-order valence-electron chi connectivity index (χ2n) is 4.50. The Balaban J connectivity index is 2.18. The molecule has 0 aliphatic carbocycles. The van der Waals surface area contributed by atoms with Crippen LogP contribution in [0.25, 0.3) is 0 Å². The molecule has 0 saturated carbocycles. The highest BCUT2D eigenvalue weighted by Gasteiger charge is 2.23. The van der Waals surface area contributed by atoms with Crippen molar-refractivity contribution in [2.45, 2.75) is 45.2 Å². The molecule has 1 rings (SSSR count). The van der Waals surface area contributed by atoms with Crippen LogP contribution in [0, 0.1) is 5.92 Å². The van der Waals surface area contributed by atoms with Crippen LogP contribution in [0.1, 0.15) is 33.1 Å². The van der Waals surface area contributed by atoms with Gasteiger partial charge in [0.1, 0.15) is 0 Å². The molecule has 1 heterocycles. The van der Waals surface area contributed by atoms with E-state index in [9.17, 15) is 4.79 Å². The highest BCUT2D eigenvalue weighted by atomic mass is 16.5. The summed E-state index contributed by atoms with van der Waals surface area (Å²) in [5.41, 5.74) is 5.59. The van der Waals surface area contributed by atoms with Crippen molar-refractivity contribution in [3.8, 4) is 0 Å². The number of carbonyl (C=O) groups is 1. The number of ether oxygens (including phenoxy) is 1. The third-order valence-electron chi connectivity index (χ3n) is 2.89. The molecule has 1 fully saturated rings. The van der Waals surface area contributed by atoms with E-state index >= 15 is 0 Å². The average molecular weight is 214 g/mol. The summed E-state index contributed by atoms with van der Waals surface area (Å²) in [6.07, 6.45) is 2.32. The van der Waals surface area contributed by atoms with Crippen LogP contribution in [0.15, 0.2) is 0 Å². The number of hydrogen-bond acceptors (Lipinski definition) is 3. The predicted molar refractivity (Wildman–Crippen MR) is 59.4 cm³/mol. The molecule has 0 aromatic rings. The van der Waals surface area contributed by atoms with Crippen molar-refractivity contribution < 1.29 is 9.53 Å². The van der Waals surface area contributed by atoms with Gasteiger partial charge in [0.25, 0.3) is 0 Å². The molecule has 88 valence electrons. The van der Waals surface area contributed by atoms with Crippen LogP contribution in [0.3, 0.4) is 0 Å². The van der Waals surface area contributed by atoms with Gasteiger partial charge in [0, 0.05) is 31.0 Å². The summed E-state index contributed by atoms with van der Waals surface area (Å²) in [5.74, 6) is 0.580. The van der Waals surface area contributed by atoms with Gasteiger partial charge in [-0.25, -0.2) is 0 Å². The molecule has 1 amide bonds. The Morgan fingerprint density at radius 1 is 1.60 bits per heavy atom. The predicted octanol–water partition coefficient (Wildman–Crippen LogP) is 0.655. The smallest absolute Gasteiger partial charge is 0.220 e. The van der Waals surface area contributed by atoms with Crippen molar-refractivity contribution in [3.63, 3.8) is 0 Å². The Labute approximate surface area is 91.5 Å². The van der Waals surface area contributed by atoms with E-state index < -0.39 is 0 Å². The lowest BCUT2D eigenvalue weighted by molar-refractivity contribution is -0.122. The normalized spacial score (nSPS) is 24.9. The molecule has 1 saturated heterocycles. The van der Waals surface area contributed by atoms with Gasteiger partial charge in [-0.2, -0.15) is 0 Å². The van der Waals surface area contributed by atoms with E-state index in [2.05, 4.69) is 5.32 Å². The SMILES string of the molecule is CC(N)CCC(=O)NC(C)C1CCOC1. The molecule has 3 unspecified atom stereocenters. The van der Waals surface area contributed by atoms with E-state index in [4.69, 9.17) is 10.5 Å². The van der Waals surface area contributed by atoms with Crippen LogP contribution in [0.5, 0.6) is 0 Å². The lowest BCUT2D eigenvalue weighted by atomic mass is 10.0. The van der Waals surface area contributed by atoms with Gasteiger partial charge in [-0.05, 0) is 26.7 Å². The van der Waals surface area contributed by atoms with Gasteiger partial charge in [-0.15, -0.1) is 0 Å². The van der Waals surface area contributed by atoms with E-state index in [1.807, 2.05) is 13.8 Å². The maximum absolute atomic E-state index is 11.5. The molecule has 4 nitrogen and oxygen atoms in total. The third-order valence-corrected chi connectivity index (χ3v) is 2.89. The van der Waals surface area contributed by atoms with Crippen molar-refractivity contribution in [2.75, 3.05) is 13.2 Å². The summed E-state index contributed by atoms with van der Waals surface area (Å²) in [6.45, 7) is 5.56. The maximum Gasteiger partial charge on any atom is 0.220 e. The highest BCUT2D eigenvalue weighted by Crippen LogP contribution is 2.16. The van der Waals surface area contributed by atoms with Gasteiger partial charge in [0.05, 0.1) is 6.61 Å². The molecular weight excluding hydrogens is 192 g/mol. The van der Waals surface area contributed by atoms with E-state index in [1.54, 1.807) is 0 Å². The molecule has 0 aromatic heterocycles. The molecule has 0 aromatic carbocycles. The molecule has 4 heteroatoms. The molecule has 15 heavy (non-hydrogen) atoms. The molecule has 1 aliphatic rings. The highest BCUT2D eigenvalue weighted by molar-refractivity contribution is 5.76. The Morgan fingerprint density at radius 2 is 2.33 bits per heavy atom. The lowest BCUT2D eigenvalue weighted by Gasteiger charge is -2.19. The molecule has 0 radical (unpaired) electrons. The molecule has 3 atom stereocenters. The Kier molecular flexibility index (Phi) is 5.05. The largest absolute Gasteiger partial charge is 0.381 e. The zero-order chi connectivity index (χ0) is 11.3. The van der Waals surface area contributed by atoms with Gasteiger partial charge >= 0.3 is 0 Å². The van der Waals surface area contributed by atoms with E-state index in [1.165, 1.54) is 0 Å². The standard InChI is InChI=1S/C11H22N2O2/c1-8(12)3-4-11(14)13-9(2)10-5-6-15-7-10/h8-10H,3-7,12H2,1-2H3,(H,13,14). The minimum atomic E-state index is 0.0980. The van der Waals surface area contributed by atoms with Gasteiger partial charge in [-0.3, -0.25) is 4.79 Å². The van der Waals surface area contributed by atoms with Crippen LogP contribution in [-0.4, -0.2) is 31.2 Å². The fourth-order valence-corrected chi connectivity index (χ4v) is 1.75. The number of nitrogens with one attached hydrogen (secondary N) is 1. The minimum Gasteiger partial charge on any atom is -0.381 e. The van der Waals surface area contributed by atoms with Crippen LogP contribution in [0.4, 0.5) is 0 Å². The summed E-state index contributed by atoms with van der Waals surface area (Å²) in [7, 11) is 0. The molecule has 0 bridgehead atoms. The van der Waals surface area contributed by atoms with Crippen LogP contribution >= 0.6 is 0 Å². The zero-order valence-electron chi connectivity index (χ0n) is 9.66. The summed E-state index contributed by atoms with van der Waals surface area (Å²) in [5, 5.41) is 3.00. The average Bonchev–Trinajstić information content (AvgIpc) is 2.67. The van der Waals surface area contributed by atoms with E-state index in [0.717, 1.165) is 26.1 Å². The Bertz CT molecular complexity index is 201. The third kappa shape index (κ3) is 4.62. The Morgan fingerprint density at radius 3 is 2.87 bits per heavy atom. The number of hydrogen-bond donors (Lipinski definition) is 2. The van der Waals surface area contributed by atoms with Crippen LogP contribution in [-0.2, 0) is 9.53 Å². The quantitative estimate of drug-likeness (QED) is 0.706. The second kappa shape index (κ2) is 6.08. The fraction of sp³-hybridized carbons (Fsp3) is 0.909. The van der Waals surface area contributed by atoms with Gasteiger partial charge < -0.3 is 15.8 Å². The van der Waals surface area contributed by atoms with Crippen LogP contribution < -0.4 is 11.1 Å². The lowest BCUT2D eigenvalue weighted by Crippen LogP contribution is -2.38. The van der Waals surface area contributed by atoms with Crippen molar-refractivity contribution in [2.24, 2.45) is 11.7 Å². The first-order valence-electron chi connectivity index (χ1n) is 5.72. The number of carbonyl (C=O) groups excluding carboxylic acids is 1. The number of rotatable bonds is 5. The van der Waals surface area contributed by atoms with E-state index in [0.29, 0.717) is 12.3 Å². The topological polar surface area (TPSA) is 64.4 Å². The second-order valence-corrected chi connectivity index (χ2v) is 4.50. The van der Waals surface area contributed by atoms with Gasteiger partial charge in [-0.1, -0.05) is 0 Å². The summed E-state index contributed by atoms with van der Waals surface area (Å²) in [6, 6.07) is 0.314. The van der Waals surface area contributed by atoms with Crippen LogP contribution in [0.2, 0.25) is 0 Å². The zero-order valence-corrected chi connectivity index (χ0v) is 9.66. The van der Waals surface area contributed by atoms with Gasteiger partial charge in [0.2, 0.25) is 5.91 Å². The molecule has 3 N–H and O–H groups in total. The van der Waals surface area contributed by atoms with Crippen molar-refractivity contribution in [3.05, 3.63) is 0 Å². The summed E-state index contributed by atoms with van der Waals surface area (Å²) < 4.78 is 5.29. The first kappa shape index (κ1) is 12.5. The molecule has 0 spiro atoms.